The summed E-state index contributed by atoms with van der Waals surface area (Å²) in [6, 6.07) is 7.89. The number of benzene rings is 1. The van der Waals surface area contributed by atoms with E-state index in [9.17, 15) is 5.11 Å². The van der Waals surface area contributed by atoms with Crippen LogP contribution in [0, 0.1) is 0 Å². The summed E-state index contributed by atoms with van der Waals surface area (Å²) in [7, 11) is 4.18. The second-order valence-corrected chi connectivity index (χ2v) is 5.07. The first-order valence-electron chi connectivity index (χ1n) is 6.73. The zero-order valence-electron chi connectivity index (χ0n) is 12.1. The maximum Gasteiger partial charge on any atom is 0.120 e. The maximum atomic E-state index is 9.94. The molecule has 0 bridgehead atoms. The van der Waals surface area contributed by atoms with Crippen LogP contribution in [-0.4, -0.2) is 48.6 Å². The number of hydrogen-bond donors (Lipinski definition) is 1. The first-order chi connectivity index (χ1) is 8.56. The molecule has 3 heteroatoms. The Bertz CT molecular complexity index is 352. The van der Waals surface area contributed by atoms with Gasteiger partial charge in [-0.05, 0) is 40.1 Å². The minimum Gasteiger partial charge on any atom is -0.508 e. The molecule has 0 spiro atoms. The van der Waals surface area contributed by atoms with E-state index in [1.807, 2.05) is 18.2 Å². The standard InChI is InChI=1S/C15H26N2O/c1-5-10-17(12-11-16(3)4)13(2)14-8-6-7-9-15(14)18/h6-9,13,18H,5,10-12H2,1-4H3. The second-order valence-electron chi connectivity index (χ2n) is 5.07. The quantitative estimate of drug-likeness (QED) is 0.806. The third-order valence-corrected chi connectivity index (χ3v) is 3.28. The number of aromatic hydroxyl groups is 1. The highest BCUT2D eigenvalue weighted by molar-refractivity contribution is 5.34. The van der Waals surface area contributed by atoms with Gasteiger partial charge in [0.05, 0.1) is 0 Å². The van der Waals surface area contributed by atoms with Gasteiger partial charge in [-0.15, -0.1) is 0 Å². The minimum absolute atomic E-state index is 0.256. The number of likely N-dealkylation sites (N-methyl/N-ethyl adjacent to an activating group) is 1. The lowest BCUT2D eigenvalue weighted by atomic mass is 10.1. The van der Waals surface area contributed by atoms with Gasteiger partial charge in [-0.25, -0.2) is 0 Å². The fraction of sp³-hybridized carbons (Fsp3) is 0.600. The Balaban J connectivity index is 2.75. The highest BCUT2D eigenvalue weighted by Gasteiger charge is 2.17. The van der Waals surface area contributed by atoms with Crippen molar-refractivity contribution < 1.29 is 5.11 Å². The van der Waals surface area contributed by atoms with Crippen molar-refractivity contribution >= 4 is 0 Å². The molecule has 1 rings (SSSR count). The topological polar surface area (TPSA) is 26.7 Å². The largest absolute Gasteiger partial charge is 0.508 e. The van der Waals surface area contributed by atoms with E-state index in [0.717, 1.165) is 31.6 Å². The van der Waals surface area contributed by atoms with Crippen LogP contribution in [0.15, 0.2) is 24.3 Å². The predicted molar refractivity (Wildman–Crippen MR) is 76.9 cm³/mol. The number of nitrogens with zero attached hydrogens (tertiary/aromatic N) is 2. The highest BCUT2D eigenvalue weighted by atomic mass is 16.3. The molecule has 18 heavy (non-hydrogen) atoms. The molecule has 0 fully saturated rings. The maximum absolute atomic E-state index is 9.94. The first-order valence-corrected chi connectivity index (χ1v) is 6.73. The molecule has 0 heterocycles. The zero-order valence-corrected chi connectivity index (χ0v) is 12.1. The molecule has 1 aromatic rings. The van der Waals surface area contributed by atoms with Gasteiger partial charge in [0.1, 0.15) is 5.75 Å². The number of para-hydroxylation sites is 1. The Labute approximate surface area is 111 Å². The van der Waals surface area contributed by atoms with Crippen molar-refractivity contribution in [1.29, 1.82) is 0 Å². The number of hydrogen-bond acceptors (Lipinski definition) is 3. The van der Waals surface area contributed by atoms with Crippen molar-refractivity contribution in [3.8, 4) is 5.75 Å². The molecule has 1 N–H and O–H groups in total. The molecule has 1 unspecified atom stereocenters. The van der Waals surface area contributed by atoms with E-state index in [4.69, 9.17) is 0 Å². The number of phenolic OH excluding ortho intramolecular Hbond substituents is 1. The molecular weight excluding hydrogens is 224 g/mol. The molecule has 0 aliphatic rings. The van der Waals surface area contributed by atoms with E-state index in [1.54, 1.807) is 6.07 Å². The summed E-state index contributed by atoms with van der Waals surface area (Å²) < 4.78 is 0. The van der Waals surface area contributed by atoms with Crippen molar-refractivity contribution in [3.63, 3.8) is 0 Å². The monoisotopic (exact) mass is 250 g/mol. The Morgan fingerprint density at radius 3 is 2.33 bits per heavy atom. The van der Waals surface area contributed by atoms with Crippen LogP contribution >= 0.6 is 0 Å². The van der Waals surface area contributed by atoms with Crippen molar-refractivity contribution in [3.05, 3.63) is 29.8 Å². The van der Waals surface area contributed by atoms with Crippen molar-refractivity contribution in [2.75, 3.05) is 33.7 Å². The molecule has 102 valence electrons. The molecule has 1 aromatic carbocycles. The first kappa shape index (κ1) is 15.0. The summed E-state index contributed by atoms with van der Waals surface area (Å²) in [5.41, 5.74) is 1.02. The molecular formula is C15H26N2O. The third kappa shape index (κ3) is 4.31. The van der Waals surface area contributed by atoms with Gasteiger partial charge in [0.2, 0.25) is 0 Å². The average Bonchev–Trinajstić information content (AvgIpc) is 2.34. The normalized spacial score (nSPS) is 13.2. The van der Waals surface area contributed by atoms with Gasteiger partial charge < -0.3 is 10.0 Å². The SMILES string of the molecule is CCCN(CCN(C)C)C(C)c1ccccc1O. The summed E-state index contributed by atoms with van der Waals surface area (Å²) in [4.78, 5) is 4.62. The fourth-order valence-electron chi connectivity index (χ4n) is 2.15. The van der Waals surface area contributed by atoms with Crippen LogP contribution in [-0.2, 0) is 0 Å². The van der Waals surface area contributed by atoms with E-state index < -0.39 is 0 Å². The van der Waals surface area contributed by atoms with Crippen molar-refractivity contribution in [1.82, 2.24) is 9.80 Å². The Hall–Kier alpha value is -1.06. The molecule has 0 saturated heterocycles. The van der Waals surface area contributed by atoms with E-state index in [2.05, 4.69) is 37.7 Å². The summed E-state index contributed by atoms with van der Waals surface area (Å²) in [5, 5.41) is 9.94. The van der Waals surface area contributed by atoms with Crippen LogP contribution in [0.5, 0.6) is 5.75 Å². The lowest BCUT2D eigenvalue weighted by molar-refractivity contribution is 0.187. The zero-order chi connectivity index (χ0) is 13.5. The third-order valence-electron chi connectivity index (χ3n) is 3.28. The lowest BCUT2D eigenvalue weighted by Gasteiger charge is -2.30. The molecule has 0 aliphatic heterocycles. The van der Waals surface area contributed by atoms with Gasteiger partial charge in [-0.1, -0.05) is 25.1 Å². The summed E-state index contributed by atoms with van der Waals surface area (Å²) in [6.07, 6.45) is 1.13. The van der Waals surface area contributed by atoms with Gasteiger partial charge in [0, 0.05) is 24.7 Å². The van der Waals surface area contributed by atoms with Gasteiger partial charge in [0.25, 0.3) is 0 Å². The molecule has 0 amide bonds. The summed E-state index contributed by atoms with van der Waals surface area (Å²) in [5.74, 6) is 0.399. The van der Waals surface area contributed by atoms with Gasteiger partial charge in [0.15, 0.2) is 0 Å². The van der Waals surface area contributed by atoms with Gasteiger partial charge in [-0.3, -0.25) is 4.90 Å². The molecule has 0 aliphatic carbocycles. The molecule has 0 radical (unpaired) electrons. The summed E-state index contributed by atoms with van der Waals surface area (Å²) >= 11 is 0. The van der Waals surface area contributed by atoms with Crippen LogP contribution in [0.2, 0.25) is 0 Å². The fourth-order valence-corrected chi connectivity index (χ4v) is 2.15. The molecule has 1 atom stereocenters. The van der Waals surface area contributed by atoms with Crippen LogP contribution in [0.25, 0.3) is 0 Å². The van der Waals surface area contributed by atoms with Crippen molar-refractivity contribution in [2.45, 2.75) is 26.3 Å². The Morgan fingerprint density at radius 2 is 1.78 bits per heavy atom. The Kier molecular flexibility index (Phi) is 6.16. The van der Waals surface area contributed by atoms with E-state index in [-0.39, 0.29) is 6.04 Å². The lowest BCUT2D eigenvalue weighted by Crippen LogP contribution is -2.34. The van der Waals surface area contributed by atoms with Gasteiger partial charge >= 0.3 is 0 Å². The number of phenols is 1. The van der Waals surface area contributed by atoms with Gasteiger partial charge in [-0.2, -0.15) is 0 Å². The van der Waals surface area contributed by atoms with Crippen LogP contribution < -0.4 is 0 Å². The van der Waals surface area contributed by atoms with Crippen LogP contribution in [0.1, 0.15) is 31.9 Å². The smallest absolute Gasteiger partial charge is 0.120 e. The molecule has 0 saturated carbocycles. The predicted octanol–water partition coefficient (Wildman–Crippen LogP) is 2.73. The van der Waals surface area contributed by atoms with Crippen molar-refractivity contribution in [2.24, 2.45) is 0 Å². The number of rotatable bonds is 7. The minimum atomic E-state index is 0.256. The van der Waals surface area contributed by atoms with Crippen LogP contribution in [0.4, 0.5) is 0 Å². The second kappa shape index (κ2) is 7.39. The molecule has 3 nitrogen and oxygen atoms in total. The van der Waals surface area contributed by atoms with E-state index in [1.165, 1.54) is 0 Å². The van der Waals surface area contributed by atoms with E-state index >= 15 is 0 Å². The van der Waals surface area contributed by atoms with Crippen LogP contribution in [0.3, 0.4) is 0 Å². The molecule has 0 aromatic heterocycles. The highest BCUT2D eigenvalue weighted by Crippen LogP contribution is 2.27. The van der Waals surface area contributed by atoms with E-state index in [0.29, 0.717) is 5.75 Å². The summed E-state index contributed by atoms with van der Waals surface area (Å²) in [6.45, 7) is 7.48. The Morgan fingerprint density at radius 1 is 1.11 bits per heavy atom. The average molecular weight is 250 g/mol.